The van der Waals surface area contributed by atoms with Gasteiger partial charge in [-0.25, -0.2) is 4.79 Å². The number of fused-ring (bicyclic) bond motifs is 1. The van der Waals surface area contributed by atoms with E-state index in [1.807, 2.05) is 0 Å². The summed E-state index contributed by atoms with van der Waals surface area (Å²) in [6.07, 6.45) is 1.16. The lowest BCUT2D eigenvalue weighted by molar-refractivity contribution is -0.386. The predicted octanol–water partition coefficient (Wildman–Crippen LogP) is 1.72. The average molecular weight is 337 g/mol. The number of ether oxygens (including phenoxy) is 3. The minimum atomic E-state index is -0.538. The summed E-state index contributed by atoms with van der Waals surface area (Å²) < 4.78 is 16.0. The number of urea groups is 1. The van der Waals surface area contributed by atoms with E-state index in [-0.39, 0.29) is 17.4 Å². The largest absolute Gasteiger partial charge is 0.493 e. The first-order chi connectivity index (χ1) is 11.5. The summed E-state index contributed by atoms with van der Waals surface area (Å²) in [7, 11) is 2.87. The van der Waals surface area contributed by atoms with E-state index in [0.29, 0.717) is 17.9 Å². The van der Waals surface area contributed by atoms with Gasteiger partial charge in [0.2, 0.25) is 0 Å². The number of hydrogen-bond donors (Lipinski definition) is 2. The smallest absolute Gasteiger partial charge is 0.317 e. The van der Waals surface area contributed by atoms with Crippen LogP contribution < -0.4 is 20.1 Å². The number of benzene rings is 1. The number of nitrogens with one attached hydrogen (secondary N) is 2. The summed E-state index contributed by atoms with van der Waals surface area (Å²) in [5, 5.41) is 17.0. The van der Waals surface area contributed by atoms with E-state index < -0.39 is 23.2 Å². The van der Waals surface area contributed by atoms with E-state index in [4.69, 9.17) is 14.2 Å². The lowest BCUT2D eigenvalue weighted by Gasteiger charge is -2.41. The molecule has 9 nitrogen and oxygen atoms in total. The molecule has 2 aliphatic rings. The van der Waals surface area contributed by atoms with Gasteiger partial charge in [0.25, 0.3) is 5.69 Å². The molecule has 1 aromatic rings. The van der Waals surface area contributed by atoms with Crippen molar-refractivity contribution in [2.24, 2.45) is 5.92 Å². The second kappa shape index (κ2) is 6.52. The van der Waals surface area contributed by atoms with Gasteiger partial charge in [-0.15, -0.1) is 0 Å². The van der Waals surface area contributed by atoms with Crippen LogP contribution in [0.4, 0.5) is 10.5 Å². The van der Waals surface area contributed by atoms with Gasteiger partial charge in [0.05, 0.1) is 36.8 Å². The molecular formula is C15H19N3O6. The van der Waals surface area contributed by atoms with Gasteiger partial charge < -0.3 is 24.8 Å². The molecule has 0 spiro atoms. The third-order valence-electron chi connectivity index (χ3n) is 4.42. The molecule has 2 N–H and O–H groups in total. The molecule has 0 aromatic heterocycles. The highest BCUT2D eigenvalue weighted by Crippen LogP contribution is 2.42. The van der Waals surface area contributed by atoms with Crippen molar-refractivity contribution in [3.8, 4) is 11.5 Å². The third kappa shape index (κ3) is 2.82. The Kier molecular flexibility index (Phi) is 4.43. The highest BCUT2D eigenvalue weighted by Gasteiger charge is 2.42. The first kappa shape index (κ1) is 16.3. The number of amides is 2. The lowest BCUT2D eigenvalue weighted by atomic mass is 9.84. The molecular weight excluding hydrogens is 318 g/mol. The maximum atomic E-state index is 11.9. The summed E-state index contributed by atoms with van der Waals surface area (Å²) in [4.78, 5) is 23.0. The second-order valence-electron chi connectivity index (χ2n) is 5.72. The lowest BCUT2D eigenvalue weighted by Crippen LogP contribution is -2.58. The van der Waals surface area contributed by atoms with Crippen LogP contribution in [0.15, 0.2) is 12.1 Å². The molecule has 0 saturated carbocycles. The van der Waals surface area contributed by atoms with Crippen molar-refractivity contribution in [2.45, 2.75) is 25.1 Å². The molecule has 0 radical (unpaired) electrons. The molecule has 2 heterocycles. The van der Waals surface area contributed by atoms with Crippen molar-refractivity contribution in [1.29, 1.82) is 0 Å². The Hall–Kier alpha value is -2.55. The number of carbonyl (C=O) groups is 1. The highest BCUT2D eigenvalue weighted by atomic mass is 16.6. The van der Waals surface area contributed by atoms with Crippen LogP contribution in [0.1, 0.15) is 24.4 Å². The summed E-state index contributed by atoms with van der Waals surface area (Å²) in [5.41, 5.74) is 0.261. The average Bonchev–Trinajstić information content (AvgIpc) is 2.59. The van der Waals surface area contributed by atoms with Crippen molar-refractivity contribution < 1.29 is 23.9 Å². The van der Waals surface area contributed by atoms with E-state index in [0.717, 1.165) is 12.8 Å². The molecule has 3 rings (SSSR count). The van der Waals surface area contributed by atoms with Crippen LogP contribution in [0.5, 0.6) is 11.5 Å². The standard InChI is InChI=1S/C15H19N3O6/c1-22-11-6-9(10(18(20)21)7-12(11)23-2)13-8-4-3-5-24-14(8)17-15(19)16-13/h6-8,13-14H,3-5H2,1-2H3,(H2,16,17,19)/t8-,13+,14-/m0/s1. The van der Waals surface area contributed by atoms with Crippen molar-refractivity contribution in [2.75, 3.05) is 20.8 Å². The number of hydrogen-bond acceptors (Lipinski definition) is 6. The van der Waals surface area contributed by atoms with Crippen LogP contribution in [0.3, 0.4) is 0 Å². The molecule has 2 saturated heterocycles. The summed E-state index contributed by atoms with van der Waals surface area (Å²) in [6, 6.07) is 1.93. The van der Waals surface area contributed by atoms with E-state index in [9.17, 15) is 14.9 Å². The topological polar surface area (TPSA) is 112 Å². The van der Waals surface area contributed by atoms with Gasteiger partial charge in [0.1, 0.15) is 6.23 Å². The second-order valence-corrected chi connectivity index (χ2v) is 5.72. The third-order valence-corrected chi connectivity index (χ3v) is 4.42. The Morgan fingerprint density at radius 2 is 1.96 bits per heavy atom. The monoisotopic (exact) mass is 337 g/mol. The molecule has 24 heavy (non-hydrogen) atoms. The van der Waals surface area contributed by atoms with Gasteiger partial charge in [-0.1, -0.05) is 0 Å². The minimum Gasteiger partial charge on any atom is -0.493 e. The fourth-order valence-electron chi connectivity index (χ4n) is 3.31. The fourth-order valence-corrected chi connectivity index (χ4v) is 3.31. The first-order valence-electron chi connectivity index (χ1n) is 7.64. The maximum Gasteiger partial charge on any atom is 0.317 e. The van der Waals surface area contributed by atoms with Crippen LogP contribution in [0, 0.1) is 16.0 Å². The Balaban J connectivity index is 2.08. The van der Waals surface area contributed by atoms with Crippen molar-refractivity contribution in [3.63, 3.8) is 0 Å². The Morgan fingerprint density at radius 3 is 2.62 bits per heavy atom. The number of nitro groups is 1. The maximum absolute atomic E-state index is 11.9. The van der Waals surface area contributed by atoms with Crippen molar-refractivity contribution in [3.05, 3.63) is 27.8 Å². The first-order valence-corrected chi connectivity index (χ1v) is 7.64. The zero-order valence-electron chi connectivity index (χ0n) is 13.4. The van der Waals surface area contributed by atoms with E-state index in [2.05, 4.69) is 10.6 Å². The van der Waals surface area contributed by atoms with E-state index in [1.54, 1.807) is 6.07 Å². The summed E-state index contributed by atoms with van der Waals surface area (Å²) >= 11 is 0. The fraction of sp³-hybridized carbons (Fsp3) is 0.533. The van der Waals surface area contributed by atoms with Crippen molar-refractivity contribution in [1.82, 2.24) is 10.6 Å². The van der Waals surface area contributed by atoms with Crippen molar-refractivity contribution >= 4 is 11.7 Å². The van der Waals surface area contributed by atoms with E-state index >= 15 is 0 Å². The van der Waals surface area contributed by atoms with Crippen LogP contribution in [0.25, 0.3) is 0 Å². The molecule has 1 aromatic carbocycles. The molecule has 9 heteroatoms. The van der Waals surface area contributed by atoms with Gasteiger partial charge in [-0.3, -0.25) is 10.1 Å². The molecule has 0 aliphatic carbocycles. The Labute approximate surface area is 138 Å². The Morgan fingerprint density at radius 1 is 1.25 bits per heavy atom. The van der Waals surface area contributed by atoms with Gasteiger partial charge in [-0.2, -0.15) is 0 Å². The van der Waals surface area contributed by atoms with Gasteiger partial charge in [0.15, 0.2) is 11.5 Å². The van der Waals surface area contributed by atoms with Gasteiger partial charge in [-0.05, 0) is 18.9 Å². The van der Waals surface area contributed by atoms with E-state index in [1.165, 1.54) is 20.3 Å². The van der Waals surface area contributed by atoms with Crippen LogP contribution in [-0.2, 0) is 4.74 Å². The minimum absolute atomic E-state index is 0.103. The number of methoxy groups -OCH3 is 2. The molecule has 3 atom stereocenters. The van der Waals surface area contributed by atoms with Crippen LogP contribution >= 0.6 is 0 Å². The SMILES string of the molecule is COc1cc([C@@H]2NC(=O)N[C@H]3OCCC[C@H]32)c([N+](=O)[O-])cc1OC. The van der Waals surface area contributed by atoms with Crippen LogP contribution in [0.2, 0.25) is 0 Å². The predicted molar refractivity (Wildman–Crippen MR) is 83.1 cm³/mol. The molecule has 2 aliphatic heterocycles. The Bertz CT molecular complexity index is 665. The molecule has 2 amide bonds. The zero-order valence-corrected chi connectivity index (χ0v) is 13.4. The quantitative estimate of drug-likeness (QED) is 0.639. The molecule has 0 unspecified atom stereocenters. The zero-order chi connectivity index (χ0) is 17.3. The van der Waals surface area contributed by atoms with Crippen LogP contribution in [-0.4, -0.2) is 38.0 Å². The van der Waals surface area contributed by atoms with Gasteiger partial charge >= 0.3 is 6.03 Å². The normalized spacial score (nSPS) is 25.9. The number of nitrogens with zero attached hydrogens (tertiary/aromatic N) is 1. The highest BCUT2D eigenvalue weighted by molar-refractivity contribution is 5.76. The molecule has 2 fully saturated rings. The number of nitro benzene ring substituents is 1. The molecule has 130 valence electrons. The summed E-state index contributed by atoms with van der Waals surface area (Å²) in [5.74, 6) is 0.539. The molecule has 0 bridgehead atoms. The number of carbonyl (C=O) groups excluding carboxylic acids is 1. The van der Waals surface area contributed by atoms with Gasteiger partial charge in [0, 0.05) is 12.5 Å². The number of rotatable bonds is 4. The summed E-state index contributed by atoms with van der Waals surface area (Å²) in [6.45, 7) is 0.558.